The fourth-order valence-electron chi connectivity index (χ4n) is 1.73. The van der Waals surface area contributed by atoms with Crippen molar-refractivity contribution in [2.45, 2.75) is 25.7 Å². The number of hydrogen-bond acceptors (Lipinski definition) is 3. The molecule has 3 heteroatoms. The first-order chi connectivity index (χ1) is 5.77. The average molecular weight is 170 g/mol. The molecule has 12 heavy (non-hydrogen) atoms. The minimum absolute atomic E-state index is 0.0426. The van der Waals surface area contributed by atoms with Crippen molar-refractivity contribution in [3.63, 3.8) is 0 Å². The van der Waals surface area contributed by atoms with E-state index < -0.39 is 0 Å². The Balaban J connectivity index is 2.45. The molecule has 1 aliphatic rings. The third-order valence-electron chi connectivity index (χ3n) is 2.44. The molecule has 0 radical (unpaired) electrons. The smallest absolute Gasteiger partial charge is 0.308 e. The van der Waals surface area contributed by atoms with Crippen LogP contribution in [0.25, 0.3) is 0 Å². The van der Waals surface area contributed by atoms with E-state index in [1.807, 2.05) is 0 Å². The van der Waals surface area contributed by atoms with E-state index in [-0.39, 0.29) is 17.8 Å². The summed E-state index contributed by atoms with van der Waals surface area (Å²) >= 11 is 0. The molecule has 3 nitrogen and oxygen atoms in total. The number of carbonyl (C=O) groups excluding carboxylic acids is 2. The van der Waals surface area contributed by atoms with Crippen LogP contribution in [0.5, 0.6) is 0 Å². The van der Waals surface area contributed by atoms with E-state index >= 15 is 0 Å². The number of ether oxygens (including phenoxy) is 1. The van der Waals surface area contributed by atoms with E-state index in [1.165, 1.54) is 7.11 Å². The minimum Gasteiger partial charge on any atom is -0.469 e. The molecule has 1 rings (SSSR count). The Labute approximate surface area is 72.1 Å². The molecule has 0 N–H and O–H groups in total. The van der Waals surface area contributed by atoms with Gasteiger partial charge in [0.05, 0.1) is 13.0 Å². The molecule has 0 aliphatic heterocycles. The van der Waals surface area contributed by atoms with Gasteiger partial charge in [0.1, 0.15) is 6.29 Å². The van der Waals surface area contributed by atoms with E-state index in [0.717, 1.165) is 25.5 Å². The van der Waals surface area contributed by atoms with Crippen LogP contribution in [0.3, 0.4) is 0 Å². The lowest BCUT2D eigenvalue weighted by Crippen LogP contribution is -2.24. The van der Waals surface area contributed by atoms with Gasteiger partial charge in [-0.3, -0.25) is 4.79 Å². The molecular weight excluding hydrogens is 156 g/mol. The summed E-state index contributed by atoms with van der Waals surface area (Å²) in [7, 11) is 1.40. The highest BCUT2D eigenvalue weighted by Crippen LogP contribution is 2.28. The number of hydrogen-bond donors (Lipinski definition) is 0. The maximum Gasteiger partial charge on any atom is 0.308 e. The highest BCUT2D eigenvalue weighted by molar-refractivity contribution is 5.73. The summed E-state index contributed by atoms with van der Waals surface area (Å²) < 4.78 is 4.63. The third kappa shape index (κ3) is 2.06. The van der Waals surface area contributed by atoms with Crippen LogP contribution >= 0.6 is 0 Å². The lowest BCUT2D eigenvalue weighted by molar-refractivity contribution is -0.147. The molecule has 2 atom stereocenters. The maximum atomic E-state index is 11.1. The monoisotopic (exact) mass is 170 g/mol. The molecule has 0 amide bonds. The molecule has 0 bridgehead atoms. The number of carbonyl (C=O) groups is 2. The summed E-state index contributed by atoms with van der Waals surface area (Å²) in [4.78, 5) is 21.6. The van der Waals surface area contributed by atoms with Crippen molar-refractivity contribution in [3.8, 4) is 0 Å². The summed E-state index contributed by atoms with van der Waals surface area (Å²) in [5.74, 6) is -0.136. The standard InChI is InChI=1S/C9H14O3/c1-12-9(11)8-4-2-3-7(5-8)6-10/h6-8H,2-5H2,1H3/t7-,8-/m0/s1. The maximum absolute atomic E-state index is 11.1. The van der Waals surface area contributed by atoms with Gasteiger partial charge >= 0.3 is 5.97 Å². The van der Waals surface area contributed by atoms with Gasteiger partial charge in [0.15, 0.2) is 0 Å². The van der Waals surface area contributed by atoms with Crippen molar-refractivity contribution in [3.05, 3.63) is 0 Å². The molecule has 68 valence electrons. The molecule has 0 spiro atoms. The van der Waals surface area contributed by atoms with Crippen LogP contribution in [-0.4, -0.2) is 19.4 Å². The molecule has 0 unspecified atom stereocenters. The zero-order valence-electron chi connectivity index (χ0n) is 7.29. The Bertz CT molecular complexity index is 177. The highest BCUT2D eigenvalue weighted by atomic mass is 16.5. The van der Waals surface area contributed by atoms with Crippen LogP contribution in [-0.2, 0) is 14.3 Å². The van der Waals surface area contributed by atoms with Crippen molar-refractivity contribution in [2.24, 2.45) is 11.8 Å². The van der Waals surface area contributed by atoms with Crippen LogP contribution in [0.2, 0.25) is 0 Å². The minimum atomic E-state index is -0.165. The lowest BCUT2D eigenvalue weighted by atomic mass is 9.82. The first-order valence-corrected chi connectivity index (χ1v) is 4.31. The number of rotatable bonds is 2. The van der Waals surface area contributed by atoms with Crippen molar-refractivity contribution in [2.75, 3.05) is 7.11 Å². The quantitative estimate of drug-likeness (QED) is 0.461. The average Bonchev–Trinajstić information content (AvgIpc) is 2.17. The predicted octanol–water partition coefficient (Wildman–Crippen LogP) is 1.16. The van der Waals surface area contributed by atoms with Gasteiger partial charge in [-0.1, -0.05) is 6.42 Å². The van der Waals surface area contributed by atoms with Gasteiger partial charge in [-0.25, -0.2) is 0 Å². The zero-order valence-corrected chi connectivity index (χ0v) is 7.29. The van der Waals surface area contributed by atoms with Crippen LogP contribution < -0.4 is 0 Å². The van der Waals surface area contributed by atoms with Gasteiger partial charge in [0.25, 0.3) is 0 Å². The van der Waals surface area contributed by atoms with E-state index in [1.54, 1.807) is 0 Å². The summed E-state index contributed by atoms with van der Waals surface area (Å²) in [6, 6.07) is 0. The summed E-state index contributed by atoms with van der Waals surface area (Å²) in [5, 5.41) is 0. The third-order valence-corrected chi connectivity index (χ3v) is 2.44. The van der Waals surface area contributed by atoms with Crippen molar-refractivity contribution < 1.29 is 14.3 Å². The number of aldehydes is 1. The van der Waals surface area contributed by atoms with E-state index in [2.05, 4.69) is 4.74 Å². The van der Waals surface area contributed by atoms with Gasteiger partial charge < -0.3 is 9.53 Å². The van der Waals surface area contributed by atoms with E-state index in [9.17, 15) is 9.59 Å². The van der Waals surface area contributed by atoms with Crippen molar-refractivity contribution in [1.29, 1.82) is 0 Å². The van der Waals surface area contributed by atoms with E-state index in [0.29, 0.717) is 6.42 Å². The molecule has 1 saturated carbocycles. The topological polar surface area (TPSA) is 43.4 Å². The number of esters is 1. The lowest BCUT2D eigenvalue weighted by Gasteiger charge is -2.23. The Kier molecular flexibility index (Phi) is 3.26. The molecule has 0 aromatic heterocycles. The van der Waals surface area contributed by atoms with Crippen LogP contribution in [0, 0.1) is 11.8 Å². The summed E-state index contributed by atoms with van der Waals surface area (Å²) in [5.41, 5.74) is 0. The molecule has 1 aliphatic carbocycles. The van der Waals surface area contributed by atoms with Crippen LogP contribution in [0.15, 0.2) is 0 Å². The van der Waals surface area contributed by atoms with Crippen molar-refractivity contribution in [1.82, 2.24) is 0 Å². The molecule has 1 fully saturated rings. The predicted molar refractivity (Wildman–Crippen MR) is 43.5 cm³/mol. The molecular formula is C9H14O3. The fraction of sp³-hybridized carbons (Fsp3) is 0.778. The molecule has 0 heterocycles. The second-order valence-electron chi connectivity index (χ2n) is 3.28. The zero-order chi connectivity index (χ0) is 8.97. The fourth-order valence-corrected chi connectivity index (χ4v) is 1.73. The van der Waals surface area contributed by atoms with Gasteiger partial charge in [-0.15, -0.1) is 0 Å². The summed E-state index contributed by atoms with van der Waals surface area (Å²) in [6.07, 6.45) is 4.39. The Morgan fingerprint density at radius 2 is 2.25 bits per heavy atom. The number of methoxy groups -OCH3 is 1. The molecule has 0 aromatic carbocycles. The normalized spacial score (nSPS) is 29.4. The van der Waals surface area contributed by atoms with Gasteiger partial charge in [0.2, 0.25) is 0 Å². The van der Waals surface area contributed by atoms with Gasteiger partial charge in [-0.2, -0.15) is 0 Å². The summed E-state index contributed by atoms with van der Waals surface area (Å²) in [6.45, 7) is 0. The van der Waals surface area contributed by atoms with E-state index in [4.69, 9.17) is 0 Å². The van der Waals surface area contributed by atoms with Crippen LogP contribution in [0.4, 0.5) is 0 Å². The van der Waals surface area contributed by atoms with Gasteiger partial charge in [0, 0.05) is 5.92 Å². The SMILES string of the molecule is COC(=O)[C@H]1CCC[C@H](C=O)C1. The second-order valence-corrected chi connectivity index (χ2v) is 3.28. The van der Waals surface area contributed by atoms with Crippen LogP contribution in [0.1, 0.15) is 25.7 Å². The largest absolute Gasteiger partial charge is 0.469 e. The molecule has 0 saturated heterocycles. The second kappa shape index (κ2) is 4.24. The Morgan fingerprint density at radius 1 is 1.50 bits per heavy atom. The van der Waals surface area contributed by atoms with Gasteiger partial charge in [-0.05, 0) is 19.3 Å². The Morgan fingerprint density at radius 3 is 2.83 bits per heavy atom. The highest BCUT2D eigenvalue weighted by Gasteiger charge is 2.27. The van der Waals surface area contributed by atoms with Crippen molar-refractivity contribution >= 4 is 12.3 Å². The first kappa shape index (κ1) is 9.23. The Hall–Kier alpha value is -0.860. The molecule has 0 aromatic rings. The first-order valence-electron chi connectivity index (χ1n) is 4.31.